The van der Waals surface area contributed by atoms with Crippen LogP contribution in [0, 0.1) is 0 Å². The van der Waals surface area contributed by atoms with Crippen LogP contribution in [0.15, 0.2) is 12.1 Å². The molecule has 0 aliphatic carbocycles. The van der Waals surface area contributed by atoms with Crippen molar-refractivity contribution in [1.29, 1.82) is 0 Å². The lowest BCUT2D eigenvalue weighted by molar-refractivity contribution is 0.0854. The minimum atomic E-state index is -0.326. The average molecular weight is 275 g/mol. The Morgan fingerprint density at radius 1 is 1.53 bits per heavy atom. The van der Waals surface area contributed by atoms with Crippen molar-refractivity contribution in [3.05, 3.63) is 28.0 Å². The predicted octanol–water partition coefficient (Wildman–Crippen LogP) is 2.30. The van der Waals surface area contributed by atoms with Crippen molar-refractivity contribution in [3.8, 4) is 0 Å². The van der Waals surface area contributed by atoms with E-state index >= 15 is 0 Å². The van der Waals surface area contributed by atoms with Crippen molar-refractivity contribution < 1.29 is 9.53 Å². The van der Waals surface area contributed by atoms with E-state index in [1.54, 1.807) is 12.1 Å². The van der Waals surface area contributed by atoms with Crippen LogP contribution in [0.1, 0.15) is 23.3 Å². The van der Waals surface area contributed by atoms with Crippen molar-refractivity contribution in [2.24, 2.45) is 0 Å². The van der Waals surface area contributed by atoms with Gasteiger partial charge in [-0.25, -0.2) is 4.98 Å². The molecule has 0 saturated carbocycles. The molecule has 4 nitrogen and oxygen atoms in total. The monoisotopic (exact) mass is 274 g/mol. The maximum atomic E-state index is 11.8. The zero-order valence-electron chi connectivity index (χ0n) is 9.08. The molecule has 1 amide bonds. The van der Waals surface area contributed by atoms with E-state index in [0.717, 1.165) is 19.4 Å². The Morgan fingerprint density at radius 2 is 2.35 bits per heavy atom. The molecule has 1 saturated heterocycles. The Kier molecular flexibility index (Phi) is 4.20. The molecule has 1 aliphatic heterocycles. The summed E-state index contributed by atoms with van der Waals surface area (Å²) >= 11 is 11.6. The molecule has 0 spiro atoms. The van der Waals surface area contributed by atoms with E-state index in [1.807, 2.05) is 0 Å². The van der Waals surface area contributed by atoms with Gasteiger partial charge in [0.15, 0.2) is 0 Å². The Balaban J connectivity index is 1.96. The maximum Gasteiger partial charge on any atom is 0.271 e. The van der Waals surface area contributed by atoms with Crippen LogP contribution in [-0.4, -0.2) is 30.1 Å². The largest absolute Gasteiger partial charge is 0.376 e. The molecule has 1 atom stereocenters. The molecule has 1 aromatic heterocycles. The predicted molar refractivity (Wildman–Crippen MR) is 65.6 cm³/mol. The molecular formula is C11H12Cl2N2O2. The minimum Gasteiger partial charge on any atom is -0.376 e. The molecule has 2 rings (SSSR count). The van der Waals surface area contributed by atoms with E-state index in [9.17, 15) is 4.79 Å². The first-order chi connectivity index (χ1) is 8.16. The normalized spacial score (nSPS) is 19.3. The van der Waals surface area contributed by atoms with Crippen LogP contribution in [0.3, 0.4) is 0 Å². The molecule has 0 bridgehead atoms. The van der Waals surface area contributed by atoms with E-state index in [2.05, 4.69) is 10.3 Å². The summed E-state index contributed by atoms with van der Waals surface area (Å²) in [6.07, 6.45) is 2.10. The summed E-state index contributed by atoms with van der Waals surface area (Å²) in [5, 5.41) is 3.28. The van der Waals surface area contributed by atoms with Crippen LogP contribution in [0.5, 0.6) is 0 Å². The molecule has 0 aromatic carbocycles. The molecule has 17 heavy (non-hydrogen) atoms. The summed E-state index contributed by atoms with van der Waals surface area (Å²) in [7, 11) is 0. The molecule has 92 valence electrons. The smallest absolute Gasteiger partial charge is 0.271 e. The molecule has 1 fully saturated rings. The Labute approximate surface area is 109 Å². The van der Waals surface area contributed by atoms with Gasteiger partial charge in [0.1, 0.15) is 10.8 Å². The van der Waals surface area contributed by atoms with Gasteiger partial charge in [-0.15, -0.1) is 0 Å². The van der Waals surface area contributed by atoms with Crippen molar-refractivity contribution in [3.63, 3.8) is 0 Å². The molecule has 1 N–H and O–H groups in total. The van der Waals surface area contributed by atoms with Gasteiger partial charge in [-0.3, -0.25) is 4.79 Å². The van der Waals surface area contributed by atoms with E-state index in [1.165, 1.54) is 0 Å². The van der Waals surface area contributed by atoms with Gasteiger partial charge in [-0.1, -0.05) is 23.2 Å². The fourth-order valence-electron chi connectivity index (χ4n) is 1.67. The van der Waals surface area contributed by atoms with Gasteiger partial charge >= 0.3 is 0 Å². The van der Waals surface area contributed by atoms with E-state index in [0.29, 0.717) is 11.6 Å². The van der Waals surface area contributed by atoms with Crippen molar-refractivity contribution in [2.75, 3.05) is 13.2 Å². The second-order valence-corrected chi connectivity index (χ2v) is 4.60. The van der Waals surface area contributed by atoms with Gasteiger partial charge in [0.2, 0.25) is 0 Å². The summed E-state index contributed by atoms with van der Waals surface area (Å²) in [6, 6.07) is 3.10. The highest BCUT2D eigenvalue weighted by Gasteiger charge is 2.18. The maximum absolute atomic E-state index is 11.8. The minimum absolute atomic E-state index is 0.0944. The Hall–Kier alpha value is -0.840. The third-order valence-corrected chi connectivity index (χ3v) is 3.06. The summed E-state index contributed by atoms with van der Waals surface area (Å²) < 4.78 is 5.40. The van der Waals surface area contributed by atoms with Gasteiger partial charge in [0, 0.05) is 13.2 Å². The van der Waals surface area contributed by atoms with Crippen molar-refractivity contribution >= 4 is 29.1 Å². The van der Waals surface area contributed by atoms with E-state index < -0.39 is 0 Å². The highest BCUT2D eigenvalue weighted by molar-refractivity contribution is 6.34. The Bertz CT molecular complexity index is 420. The molecule has 1 unspecified atom stereocenters. The van der Waals surface area contributed by atoms with E-state index in [-0.39, 0.29) is 22.9 Å². The lowest BCUT2D eigenvalue weighted by Crippen LogP contribution is -2.32. The number of pyridine rings is 1. The summed E-state index contributed by atoms with van der Waals surface area (Å²) in [6.45, 7) is 1.24. The number of aromatic nitrogens is 1. The number of nitrogens with one attached hydrogen (secondary N) is 1. The Morgan fingerprint density at radius 3 is 3.06 bits per heavy atom. The standard InChI is InChI=1S/C11H12Cl2N2O2/c12-8-3-4-9(13)15-10(8)11(16)14-6-7-2-1-5-17-7/h3-4,7H,1-2,5-6H2,(H,14,16). The SMILES string of the molecule is O=C(NCC1CCCO1)c1nc(Cl)ccc1Cl. The molecule has 6 heteroatoms. The lowest BCUT2D eigenvalue weighted by atomic mass is 10.2. The molecule has 1 aliphatic rings. The highest BCUT2D eigenvalue weighted by atomic mass is 35.5. The van der Waals surface area contributed by atoms with Crippen LogP contribution in [0.2, 0.25) is 10.2 Å². The fourth-order valence-corrected chi connectivity index (χ4v) is 2.01. The summed E-state index contributed by atoms with van der Waals surface area (Å²) in [4.78, 5) is 15.7. The lowest BCUT2D eigenvalue weighted by Gasteiger charge is -2.10. The summed E-state index contributed by atoms with van der Waals surface area (Å²) in [5.74, 6) is -0.326. The fraction of sp³-hybridized carbons (Fsp3) is 0.455. The zero-order valence-corrected chi connectivity index (χ0v) is 10.6. The number of amides is 1. The number of carbonyl (C=O) groups excluding carboxylic acids is 1. The molecule has 2 heterocycles. The van der Waals surface area contributed by atoms with Crippen LogP contribution in [0.25, 0.3) is 0 Å². The zero-order chi connectivity index (χ0) is 12.3. The average Bonchev–Trinajstić information content (AvgIpc) is 2.82. The topological polar surface area (TPSA) is 51.2 Å². The third kappa shape index (κ3) is 3.31. The number of hydrogen-bond donors (Lipinski definition) is 1. The van der Waals surface area contributed by atoms with Crippen LogP contribution in [0.4, 0.5) is 0 Å². The second kappa shape index (κ2) is 5.67. The van der Waals surface area contributed by atoms with E-state index in [4.69, 9.17) is 27.9 Å². The first-order valence-corrected chi connectivity index (χ1v) is 6.14. The van der Waals surface area contributed by atoms with Gasteiger partial charge in [0.05, 0.1) is 11.1 Å². The van der Waals surface area contributed by atoms with Crippen LogP contribution >= 0.6 is 23.2 Å². The number of halogens is 2. The molecule has 0 radical (unpaired) electrons. The number of carbonyl (C=O) groups is 1. The van der Waals surface area contributed by atoms with Gasteiger partial charge in [0.25, 0.3) is 5.91 Å². The number of hydrogen-bond acceptors (Lipinski definition) is 3. The van der Waals surface area contributed by atoms with Gasteiger partial charge < -0.3 is 10.1 Å². The highest BCUT2D eigenvalue weighted by Crippen LogP contribution is 2.17. The third-order valence-electron chi connectivity index (χ3n) is 2.54. The number of ether oxygens (including phenoxy) is 1. The second-order valence-electron chi connectivity index (χ2n) is 3.81. The van der Waals surface area contributed by atoms with Crippen LogP contribution in [-0.2, 0) is 4.74 Å². The summed E-state index contributed by atoms with van der Waals surface area (Å²) in [5.41, 5.74) is 0.150. The van der Waals surface area contributed by atoms with Gasteiger partial charge in [-0.2, -0.15) is 0 Å². The number of rotatable bonds is 3. The number of nitrogens with zero attached hydrogens (tertiary/aromatic N) is 1. The molecular weight excluding hydrogens is 263 g/mol. The van der Waals surface area contributed by atoms with Crippen molar-refractivity contribution in [2.45, 2.75) is 18.9 Å². The molecule has 1 aromatic rings. The first kappa shape index (κ1) is 12.6. The first-order valence-electron chi connectivity index (χ1n) is 5.38. The van der Waals surface area contributed by atoms with Crippen LogP contribution < -0.4 is 5.32 Å². The quantitative estimate of drug-likeness (QED) is 0.861. The van der Waals surface area contributed by atoms with Crippen molar-refractivity contribution in [1.82, 2.24) is 10.3 Å². The van der Waals surface area contributed by atoms with Gasteiger partial charge in [-0.05, 0) is 25.0 Å².